The van der Waals surface area contributed by atoms with Crippen LogP contribution in [0, 0.1) is 0 Å². The predicted octanol–water partition coefficient (Wildman–Crippen LogP) is 2.62. The summed E-state index contributed by atoms with van der Waals surface area (Å²) < 4.78 is 5.63. The fraction of sp³-hybridized carbons (Fsp3) is 0.385. The van der Waals surface area contributed by atoms with Crippen molar-refractivity contribution in [3.8, 4) is 5.75 Å². The molecule has 0 fully saturated rings. The third-order valence-electron chi connectivity index (χ3n) is 2.69. The molecule has 0 spiro atoms. The third kappa shape index (κ3) is 2.05. The van der Waals surface area contributed by atoms with E-state index >= 15 is 0 Å². The van der Waals surface area contributed by atoms with E-state index < -0.39 is 0 Å². The molecule has 0 aromatic heterocycles. The molecule has 0 bridgehead atoms. The van der Waals surface area contributed by atoms with Gasteiger partial charge in [-0.25, -0.2) is 0 Å². The van der Waals surface area contributed by atoms with Gasteiger partial charge in [0.2, 0.25) is 0 Å². The third-order valence-corrected chi connectivity index (χ3v) is 2.69. The van der Waals surface area contributed by atoms with Gasteiger partial charge in [-0.05, 0) is 18.6 Å². The minimum atomic E-state index is -0.332. The topological polar surface area (TPSA) is 29.5 Å². The van der Waals surface area contributed by atoms with Gasteiger partial charge >= 0.3 is 0 Å². The van der Waals surface area contributed by atoms with Crippen molar-refractivity contribution >= 4 is 0 Å². The lowest BCUT2D eigenvalue weighted by molar-refractivity contribution is 0.146. The summed E-state index contributed by atoms with van der Waals surface area (Å²) >= 11 is 0. The molecule has 0 amide bonds. The molecule has 0 saturated carbocycles. The average Bonchev–Trinajstić information content (AvgIpc) is 2.15. The van der Waals surface area contributed by atoms with Crippen LogP contribution in [0.15, 0.2) is 30.4 Å². The van der Waals surface area contributed by atoms with Crippen LogP contribution in [0.2, 0.25) is 0 Å². The summed E-state index contributed by atoms with van der Waals surface area (Å²) in [7, 11) is 0. The fourth-order valence-corrected chi connectivity index (χ4v) is 1.79. The number of ether oxygens (including phenoxy) is 1. The summed E-state index contributed by atoms with van der Waals surface area (Å²) in [5, 5.41) is 9.59. The molecule has 1 aromatic carbocycles. The Morgan fingerprint density at radius 1 is 1.60 bits per heavy atom. The monoisotopic (exact) mass is 204 g/mol. The summed E-state index contributed by atoms with van der Waals surface area (Å²) in [5.41, 5.74) is 3.29. The fourth-order valence-electron chi connectivity index (χ4n) is 1.79. The predicted molar refractivity (Wildman–Crippen MR) is 60.0 cm³/mol. The van der Waals surface area contributed by atoms with E-state index in [1.165, 1.54) is 5.56 Å². The van der Waals surface area contributed by atoms with Crippen molar-refractivity contribution in [3.05, 3.63) is 41.5 Å². The van der Waals surface area contributed by atoms with Gasteiger partial charge in [0.15, 0.2) is 0 Å². The van der Waals surface area contributed by atoms with E-state index in [2.05, 4.69) is 6.58 Å². The molecule has 2 heteroatoms. The first-order chi connectivity index (χ1) is 7.18. The van der Waals surface area contributed by atoms with Crippen LogP contribution in [0.3, 0.4) is 0 Å². The summed E-state index contributed by atoms with van der Waals surface area (Å²) in [4.78, 5) is 0. The van der Waals surface area contributed by atoms with E-state index in [9.17, 15) is 5.11 Å². The zero-order valence-corrected chi connectivity index (χ0v) is 8.99. The quantitative estimate of drug-likeness (QED) is 0.764. The average molecular weight is 204 g/mol. The number of hydrogen-bond donors (Lipinski definition) is 1. The molecule has 80 valence electrons. The molecule has 0 aliphatic heterocycles. The number of fused-ring (bicyclic) bond motifs is 1. The lowest BCUT2D eigenvalue weighted by Crippen LogP contribution is -2.18. The molecule has 0 saturated heterocycles. The molecule has 0 radical (unpaired) electrons. The zero-order valence-electron chi connectivity index (χ0n) is 8.99. The molecule has 2 rings (SSSR count). The van der Waals surface area contributed by atoms with Gasteiger partial charge in [-0.1, -0.05) is 17.7 Å². The number of aliphatic hydroxyl groups excluding tert-OH is 1. The van der Waals surface area contributed by atoms with Crippen LogP contribution in [-0.4, -0.2) is 11.7 Å². The van der Waals surface area contributed by atoms with Crippen molar-refractivity contribution in [2.24, 2.45) is 0 Å². The second-order valence-corrected chi connectivity index (χ2v) is 4.10. The number of rotatable bonds is 4. The summed E-state index contributed by atoms with van der Waals surface area (Å²) in [6, 6.07) is 5.92. The normalized spacial score (nSPS) is 17.9. The molecule has 1 aromatic rings. The highest BCUT2D eigenvalue weighted by Gasteiger charge is 2.27. The van der Waals surface area contributed by atoms with Crippen molar-refractivity contribution in [1.29, 1.82) is 0 Å². The minimum Gasteiger partial charge on any atom is -0.493 e. The lowest BCUT2D eigenvalue weighted by atomic mass is 9.85. The Morgan fingerprint density at radius 2 is 2.40 bits per heavy atom. The SMILES string of the molecule is C=C(C)CCOc1cccc2c1C(O)C2. The highest BCUT2D eigenvalue weighted by atomic mass is 16.5. The Bertz CT molecular complexity index is 382. The number of aliphatic hydroxyl groups is 1. The standard InChI is InChI=1S/C13H16O2/c1-9(2)6-7-15-12-5-3-4-10-8-11(14)13(10)12/h3-5,11,14H,1,6-8H2,2H3. The van der Waals surface area contributed by atoms with Crippen molar-refractivity contribution in [3.63, 3.8) is 0 Å². The molecule has 1 unspecified atom stereocenters. The number of benzene rings is 1. The Balaban J connectivity index is 2.03. The molecule has 1 aliphatic rings. The van der Waals surface area contributed by atoms with Gasteiger partial charge in [0.1, 0.15) is 5.75 Å². The van der Waals surface area contributed by atoms with Gasteiger partial charge in [0, 0.05) is 18.4 Å². The molecule has 1 N–H and O–H groups in total. The summed E-state index contributed by atoms with van der Waals surface area (Å²) in [6.07, 6.45) is 1.29. The van der Waals surface area contributed by atoms with Crippen LogP contribution in [0.4, 0.5) is 0 Å². The molecular formula is C13H16O2. The van der Waals surface area contributed by atoms with Gasteiger partial charge in [-0.3, -0.25) is 0 Å². The van der Waals surface area contributed by atoms with Crippen LogP contribution in [-0.2, 0) is 6.42 Å². The van der Waals surface area contributed by atoms with Gasteiger partial charge in [-0.2, -0.15) is 0 Å². The maximum absolute atomic E-state index is 9.59. The van der Waals surface area contributed by atoms with Crippen molar-refractivity contribution in [1.82, 2.24) is 0 Å². The van der Waals surface area contributed by atoms with Gasteiger partial charge in [-0.15, -0.1) is 6.58 Å². The van der Waals surface area contributed by atoms with Crippen molar-refractivity contribution in [2.75, 3.05) is 6.61 Å². The molecule has 15 heavy (non-hydrogen) atoms. The summed E-state index contributed by atoms with van der Waals surface area (Å²) in [6.45, 7) is 6.45. The van der Waals surface area contributed by atoms with Crippen molar-refractivity contribution < 1.29 is 9.84 Å². The Morgan fingerprint density at radius 3 is 3.07 bits per heavy atom. The van der Waals surface area contributed by atoms with Crippen LogP contribution >= 0.6 is 0 Å². The van der Waals surface area contributed by atoms with Crippen LogP contribution in [0.25, 0.3) is 0 Å². The Labute approximate surface area is 90.2 Å². The maximum atomic E-state index is 9.59. The first kappa shape index (κ1) is 10.2. The number of hydrogen-bond acceptors (Lipinski definition) is 2. The maximum Gasteiger partial charge on any atom is 0.125 e. The van der Waals surface area contributed by atoms with Crippen LogP contribution < -0.4 is 4.74 Å². The molecule has 2 nitrogen and oxygen atoms in total. The minimum absolute atomic E-state index is 0.332. The Hall–Kier alpha value is -1.28. The van der Waals surface area contributed by atoms with E-state index in [-0.39, 0.29) is 6.10 Å². The van der Waals surface area contributed by atoms with E-state index in [1.807, 2.05) is 25.1 Å². The van der Waals surface area contributed by atoms with E-state index in [0.29, 0.717) is 6.61 Å². The Kier molecular flexibility index (Phi) is 2.78. The summed E-state index contributed by atoms with van der Waals surface area (Å²) in [5.74, 6) is 0.826. The zero-order chi connectivity index (χ0) is 10.8. The first-order valence-corrected chi connectivity index (χ1v) is 5.25. The highest BCUT2D eigenvalue weighted by Crippen LogP contribution is 2.39. The van der Waals surface area contributed by atoms with Gasteiger partial charge in [0.05, 0.1) is 12.7 Å². The molecule has 1 aliphatic carbocycles. The van der Waals surface area contributed by atoms with E-state index in [0.717, 1.165) is 29.7 Å². The van der Waals surface area contributed by atoms with Gasteiger partial charge < -0.3 is 9.84 Å². The van der Waals surface area contributed by atoms with Crippen LogP contribution in [0.1, 0.15) is 30.6 Å². The lowest BCUT2D eigenvalue weighted by Gasteiger charge is -2.28. The smallest absolute Gasteiger partial charge is 0.125 e. The van der Waals surface area contributed by atoms with Crippen molar-refractivity contribution in [2.45, 2.75) is 25.9 Å². The largest absolute Gasteiger partial charge is 0.493 e. The molecule has 1 atom stereocenters. The molecular weight excluding hydrogens is 188 g/mol. The van der Waals surface area contributed by atoms with Gasteiger partial charge in [0.25, 0.3) is 0 Å². The first-order valence-electron chi connectivity index (χ1n) is 5.25. The molecule has 0 heterocycles. The second-order valence-electron chi connectivity index (χ2n) is 4.10. The second kappa shape index (κ2) is 4.07. The highest BCUT2D eigenvalue weighted by molar-refractivity contribution is 5.48. The van der Waals surface area contributed by atoms with E-state index in [1.54, 1.807) is 0 Å². The van der Waals surface area contributed by atoms with Crippen LogP contribution in [0.5, 0.6) is 5.75 Å². The van der Waals surface area contributed by atoms with E-state index in [4.69, 9.17) is 4.74 Å².